The molecule has 0 aromatic heterocycles. The maximum atomic E-state index is 2.41. The molecule has 0 nitrogen and oxygen atoms in total. The summed E-state index contributed by atoms with van der Waals surface area (Å²) in [6.45, 7) is 0. The van der Waals surface area contributed by atoms with Crippen molar-refractivity contribution >= 4 is 64.6 Å². The van der Waals surface area contributed by atoms with Crippen molar-refractivity contribution in [3.05, 3.63) is 206 Å². The van der Waals surface area contributed by atoms with Crippen LogP contribution in [-0.4, -0.2) is 0 Å². The Balaban J connectivity index is 1.04. The number of hydrogen-bond donors (Lipinski definition) is 0. The van der Waals surface area contributed by atoms with Crippen LogP contribution < -0.4 is 0 Å². The first-order valence-corrected chi connectivity index (χ1v) is 18.7. The van der Waals surface area contributed by atoms with E-state index in [2.05, 4.69) is 206 Å². The van der Waals surface area contributed by atoms with Gasteiger partial charge < -0.3 is 0 Å². The fourth-order valence-corrected chi connectivity index (χ4v) is 8.79. The van der Waals surface area contributed by atoms with Crippen molar-refractivity contribution in [3.63, 3.8) is 0 Å². The van der Waals surface area contributed by atoms with Crippen LogP contribution in [-0.2, 0) is 0 Å². The van der Waals surface area contributed by atoms with Gasteiger partial charge in [-0.15, -0.1) is 0 Å². The van der Waals surface area contributed by atoms with E-state index in [0.717, 1.165) is 0 Å². The summed E-state index contributed by atoms with van der Waals surface area (Å²) in [7, 11) is 0. The number of fused-ring (bicyclic) bond motifs is 8. The summed E-state index contributed by atoms with van der Waals surface area (Å²) in [6, 6.07) is 76.1. The molecule has 11 aromatic rings. The van der Waals surface area contributed by atoms with Crippen molar-refractivity contribution in [1.82, 2.24) is 0 Å². The molecule has 0 N–H and O–H groups in total. The Kier molecular flexibility index (Phi) is 6.97. The molecule has 0 heterocycles. The fourth-order valence-electron chi connectivity index (χ4n) is 8.79. The van der Waals surface area contributed by atoms with E-state index in [1.165, 1.54) is 109 Å². The second-order valence-electron chi connectivity index (χ2n) is 14.4. The highest BCUT2D eigenvalue weighted by Gasteiger charge is 2.17. The Morgan fingerprint density at radius 3 is 1.15 bits per heavy atom. The summed E-state index contributed by atoms with van der Waals surface area (Å²) in [5.41, 5.74) is 9.94. The minimum Gasteiger partial charge on any atom is -0.0622 e. The molecule has 11 aromatic carbocycles. The molecule has 0 heteroatoms. The average Bonchev–Trinajstić information content (AvgIpc) is 3.25. The number of rotatable bonds is 4. The lowest BCUT2D eigenvalue weighted by atomic mass is 9.85. The van der Waals surface area contributed by atoms with Crippen molar-refractivity contribution in [3.8, 4) is 44.5 Å². The van der Waals surface area contributed by atoms with Gasteiger partial charge in [-0.2, -0.15) is 0 Å². The van der Waals surface area contributed by atoms with Crippen LogP contribution in [0.25, 0.3) is 109 Å². The standard InChI is InChI=1S/C54H34/c1-3-12-37(13-4-1)53-48-17-9-10-18-49(48)54(38-14-5-2-6-15-38)52-34-44(27-30-50(52)53)42-24-22-39-31-41(23-21-40(39)32-42)43-20-19-36-26-28-46-45-16-8-7-11-35(45)25-29-47(46)51(36)33-43/h1-34H. The van der Waals surface area contributed by atoms with Crippen LogP contribution in [0.15, 0.2) is 206 Å². The van der Waals surface area contributed by atoms with Gasteiger partial charge in [0.1, 0.15) is 0 Å². The van der Waals surface area contributed by atoms with Gasteiger partial charge in [0, 0.05) is 0 Å². The molecule has 11 rings (SSSR count). The monoisotopic (exact) mass is 682 g/mol. The van der Waals surface area contributed by atoms with Crippen molar-refractivity contribution in [2.45, 2.75) is 0 Å². The van der Waals surface area contributed by atoms with Gasteiger partial charge in [-0.1, -0.05) is 182 Å². The fraction of sp³-hybridized carbons (Fsp3) is 0. The third kappa shape index (κ3) is 4.92. The summed E-state index contributed by atoms with van der Waals surface area (Å²) < 4.78 is 0. The summed E-state index contributed by atoms with van der Waals surface area (Å²) in [5.74, 6) is 0. The molecule has 0 atom stereocenters. The van der Waals surface area contributed by atoms with Crippen LogP contribution in [0.1, 0.15) is 0 Å². The summed E-state index contributed by atoms with van der Waals surface area (Å²) in [6.07, 6.45) is 0. The van der Waals surface area contributed by atoms with Gasteiger partial charge in [-0.3, -0.25) is 0 Å². The molecule has 0 bridgehead atoms. The van der Waals surface area contributed by atoms with Crippen LogP contribution in [0, 0.1) is 0 Å². The zero-order valence-electron chi connectivity index (χ0n) is 29.6. The number of benzene rings is 11. The van der Waals surface area contributed by atoms with Crippen LogP contribution in [0.2, 0.25) is 0 Å². The average molecular weight is 683 g/mol. The normalized spacial score (nSPS) is 11.7. The van der Waals surface area contributed by atoms with Gasteiger partial charge in [-0.25, -0.2) is 0 Å². The highest BCUT2D eigenvalue weighted by Crippen LogP contribution is 2.45. The first-order valence-electron chi connectivity index (χ1n) is 18.7. The Morgan fingerprint density at radius 2 is 0.537 bits per heavy atom. The molecule has 250 valence electrons. The predicted molar refractivity (Wildman–Crippen MR) is 233 cm³/mol. The van der Waals surface area contributed by atoms with E-state index in [1.54, 1.807) is 0 Å². The summed E-state index contributed by atoms with van der Waals surface area (Å²) >= 11 is 0. The van der Waals surface area contributed by atoms with Crippen LogP contribution in [0.4, 0.5) is 0 Å². The number of hydrogen-bond acceptors (Lipinski definition) is 0. The maximum absolute atomic E-state index is 2.41. The van der Waals surface area contributed by atoms with Gasteiger partial charge in [-0.05, 0) is 133 Å². The van der Waals surface area contributed by atoms with Crippen LogP contribution in [0.5, 0.6) is 0 Å². The highest BCUT2D eigenvalue weighted by atomic mass is 14.2. The van der Waals surface area contributed by atoms with E-state index in [9.17, 15) is 0 Å². The van der Waals surface area contributed by atoms with Gasteiger partial charge >= 0.3 is 0 Å². The maximum Gasteiger partial charge on any atom is -0.00262 e. The van der Waals surface area contributed by atoms with Crippen molar-refractivity contribution < 1.29 is 0 Å². The first kappa shape index (κ1) is 30.6. The van der Waals surface area contributed by atoms with E-state index >= 15 is 0 Å². The molecular formula is C54H34. The van der Waals surface area contributed by atoms with E-state index in [0.29, 0.717) is 0 Å². The molecule has 0 spiro atoms. The molecule has 0 aliphatic carbocycles. The lowest BCUT2D eigenvalue weighted by Crippen LogP contribution is -1.91. The molecule has 0 saturated carbocycles. The molecule has 0 aliphatic rings. The van der Waals surface area contributed by atoms with Gasteiger partial charge in [0.05, 0.1) is 0 Å². The minimum atomic E-state index is 1.22. The Bertz CT molecular complexity index is 3240. The topological polar surface area (TPSA) is 0 Å². The zero-order valence-corrected chi connectivity index (χ0v) is 29.6. The molecule has 0 unspecified atom stereocenters. The van der Waals surface area contributed by atoms with Crippen molar-refractivity contribution in [2.75, 3.05) is 0 Å². The predicted octanol–water partition coefficient (Wildman–Crippen LogP) is 15.3. The summed E-state index contributed by atoms with van der Waals surface area (Å²) in [5, 5.41) is 15.3. The van der Waals surface area contributed by atoms with E-state index in [4.69, 9.17) is 0 Å². The quantitative estimate of drug-likeness (QED) is 0.128. The SMILES string of the molecule is c1ccc(-c2c3ccccc3c(-c3ccccc3)c3cc(-c4ccc5cc(-c6ccc7ccc8c9ccccc9ccc8c7c6)ccc5c4)ccc23)cc1. The molecular weight excluding hydrogens is 649 g/mol. The molecule has 0 aliphatic heterocycles. The lowest BCUT2D eigenvalue weighted by molar-refractivity contribution is 1.64. The second kappa shape index (κ2) is 12.3. The van der Waals surface area contributed by atoms with Crippen molar-refractivity contribution in [1.29, 1.82) is 0 Å². The van der Waals surface area contributed by atoms with E-state index in [-0.39, 0.29) is 0 Å². The second-order valence-corrected chi connectivity index (χ2v) is 14.4. The smallest absolute Gasteiger partial charge is 0.00262 e. The molecule has 0 amide bonds. The molecule has 0 radical (unpaired) electrons. The minimum absolute atomic E-state index is 1.22. The van der Waals surface area contributed by atoms with Crippen LogP contribution >= 0.6 is 0 Å². The largest absolute Gasteiger partial charge is 0.0622 e. The molecule has 0 saturated heterocycles. The molecule has 0 fully saturated rings. The van der Waals surface area contributed by atoms with Gasteiger partial charge in [0.2, 0.25) is 0 Å². The first-order chi connectivity index (χ1) is 26.8. The Hall–Kier alpha value is -7.02. The Morgan fingerprint density at radius 1 is 0.167 bits per heavy atom. The third-order valence-corrected chi connectivity index (χ3v) is 11.4. The Labute approximate surface area is 314 Å². The van der Waals surface area contributed by atoms with Gasteiger partial charge in [0.15, 0.2) is 0 Å². The zero-order chi connectivity index (χ0) is 35.6. The van der Waals surface area contributed by atoms with E-state index in [1.807, 2.05) is 0 Å². The third-order valence-electron chi connectivity index (χ3n) is 11.4. The van der Waals surface area contributed by atoms with Gasteiger partial charge in [0.25, 0.3) is 0 Å². The lowest BCUT2D eigenvalue weighted by Gasteiger charge is -2.19. The van der Waals surface area contributed by atoms with Crippen LogP contribution in [0.3, 0.4) is 0 Å². The van der Waals surface area contributed by atoms with Crippen molar-refractivity contribution in [2.24, 2.45) is 0 Å². The van der Waals surface area contributed by atoms with E-state index < -0.39 is 0 Å². The summed E-state index contributed by atoms with van der Waals surface area (Å²) in [4.78, 5) is 0. The highest BCUT2D eigenvalue weighted by molar-refractivity contribution is 6.22. The molecule has 54 heavy (non-hydrogen) atoms.